The highest BCUT2D eigenvalue weighted by Crippen LogP contribution is 2.17. The Balaban J connectivity index is 1.82. The maximum absolute atomic E-state index is 11.6. The van der Waals surface area contributed by atoms with Crippen LogP contribution in [0.15, 0.2) is 18.6 Å². The molecule has 1 atom stereocenters. The summed E-state index contributed by atoms with van der Waals surface area (Å²) in [5.74, 6) is 0.0543. The number of rotatable bonds is 4. The van der Waals surface area contributed by atoms with Crippen LogP contribution in [0.1, 0.15) is 36.2 Å². The Labute approximate surface area is 88.7 Å². The third kappa shape index (κ3) is 2.83. The van der Waals surface area contributed by atoms with Crippen LogP contribution >= 0.6 is 0 Å². The van der Waals surface area contributed by atoms with Gasteiger partial charge in [-0.2, -0.15) is 0 Å². The van der Waals surface area contributed by atoms with Gasteiger partial charge in [0.05, 0.1) is 12.3 Å². The molecule has 1 aliphatic heterocycles. The number of ether oxygens (including phenoxy) is 1. The lowest BCUT2D eigenvalue weighted by Gasteiger charge is -2.07. The minimum atomic E-state index is 0.0543. The van der Waals surface area contributed by atoms with E-state index >= 15 is 0 Å². The molecule has 0 aliphatic carbocycles. The smallest absolute Gasteiger partial charge is 0.182 e. The van der Waals surface area contributed by atoms with Crippen molar-refractivity contribution in [2.24, 2.45) is 0 Å². The molecule has 0 amide bonds. The molecule has 0 radical (unpaired) electrons. The van der Waals surface area contributed by atoms with Crippen molar-refractivity contribution in [1.29, 1.82) is 0 Å². The summed E-state index contributed by atoms with van der Waals surface area (Å²) in [6, 6.07) is 0. The van der Waals surface area contributed by atoms with Crippen molar-refractivity contribution in [1.82, 2.24) is 9.97 Å². The van der Waals surface area contributed by atoms with Crippen LogP contribution in [0.4, 0.5) is 0 Å². The van der Waals surface area contributed by atoms with Crippen LogP contribution < -0.4 is 0 Å². The fraction of sp³-hybridized carbons (Fsp3) is 0.545. The van der Waals surface area contributed by atoms with E-state index in [0.717, 1.165) is 25.9 Å². The minimum Gasteiger partial charge on any atom is -0.378 e. The largest absolute Gasteiger partial charge is 0.378 e. The predicted octanol–water partition coefficient (Wildman–Crippen LogP) is 1.62. The fourth-order valence-corrected chi connectivity index (χ4v) is 1.74. The summed E-state index contributed by atoms with van der Waals surface area (Å²) in [6.07, 6.45) is 8.38. The highest BCUT2D eigenvalue weighted by atomic mass is 16.5. The Morgan fingerprint density at radius 2 is 2.47 bits per heavy atom. The molecule has 2 heterocycles. The first kappa shape index (κ1) is 10.2. The molecule has 1 saturated heterocycles. The van der Waals surface area contributed by atoms with Crippen LogP contribution in [0.2, 0.25) is 0 Å². The topological polar surface area (TPSA) is 52.1 Å². The maximum atomic E-state index is 11.6. The van der Waals surface area contributed by atoms with Crippen molar-refractivity contribution in [2.75, 3.05) is 6.61 Å². The molecular formula is C11H14N2O2. The molecule has 2 rings (SSSR count). The first-order valence-electron chi connectivity index (χ1n) is 5.27. The summed E-state index contributed by atoms with van der Waals surface area (Å²) in [5, 5.41) is 0. The molecule has 4 heteroatoms. The average molecular weight is 206 g/mol. The van der Waals surface area contributed by atoms with E-state index < -0.39 is 0 Å². The SMILES string of the molecule is O=C(CCC1CCCO1)c1cnccn1. The van der Waals surface area contributed by atoms with E-state index in [1.807, 2.05) is 0 Å². The second-order valence-electron chi connectivity index (χ2n) is 3.69. The van der Waals surface area contributed by atoms with Gasteiger partial charge in [-0.15, -0.1) is 0 Å². The van der Waals surface area contributed by atoms with Gasteiger partial charge < -0.3 is 4.74 Å². The van der Waals surface area contributed by atoms with Gasteiger partial charge in [0.25, 0.3) is 0 Å². The van der Waals surface area contributed by atoms with Gasteiger partial charge in [-0.1, -0.05) is 0 Å². The van der Waals surface area contributed by atoms with Crippen LogP contribution in [0, 0.1) is 0 Å². The molecule has 4 nitrogen and oxygen atoms in total. The number of hydrogen-bond acceptors (Lipinski definition) is 4. The van der Waals surface area contributed by atoms with Crippen LogP contribution in [0.5, 0.6) is 0 Å². The Kier molecular flexibility index (Phi) is 3.40. The Bertz CT molecular complexity index is 321. The summed E-state index contributed by atoms with van der Waals surface area (Å²) in [6.45, 7) is 0.837. The second-order valence-corrected chi connectivity index (χ2v) is 3.69. The van der Waals surface area contributed by atoms with E-state index in [2.05, 4.69) is 9.97 Å². The van der Waals surface area contributed by atoms with E-state index in [9.17, 15) is 4.79 Å². The Morgan fingerprint density at radius 3 is 3.13 bits per heavy atom. The monoisotopic (exact) mass is 206 g/mol. The fourth-order valence-electron chi connectivity index (χ4n) is 1.74. The molecule has 1 aliphatic rings. The van der Waals surface area contributed by atoms with Gasteiger partial charge in [-0.3, -0.25) is 9.78 Å². The Morgan fingerprint density at radius 1 is 1.53 bits per heavy atom. The molecule has 1 unspecified atom stereocenters. The highest BCUT2D eigenvalue weighted by Gasteiger charge is 2.17. The molecule has 0 bridgehead atoms. The first-order chi connectivity index (χ1) is 7.36. The lowest BCUT2D eigenvalue weighted by atomic mass is 10.1. The standard InChI is InChI=1S/C11H14N2O2/c14-11(10-8-12-5-6-13-10)4-3-9-2-1-7-15-9/h5-6,8-9H,1-4,7H2. The van der Waals surface area contributed by atoms with E-state index in [4.69, 9.17) is 4.74 Å². The van der Waals surface area contributed by atoms with E-state index in [-0.39, 0.29) is 11.9 Å². The number of aromatic nitrogens is 2. The summed E-state index contributed by atoms with van der Waals surface area (Å²) in [4.78, 5) is 19.5. The van der Waals surface area contributed by atoms with E-state index in [1.54, 1.807) is 12.4 Å². The number of Topliss-reactive ketones (excluding diaryl/α,β-unsaturated/α-hetero) is 1. The molecule has 0 spiro atoms. The molecular weight excluding hydrogens is 192 g/mol. The lowest BCUT2D eigenvalue weighted by Crippen LogP contribution is -2.09. The van der Waals surface area contributed by atoms with Crippen molar-refractivity contribution in [3.8, 4) is 0 Å². The van der Waals surface area contributed by atoms with Crippen molar-refractivity contribution in [3.63, 3.8) is 0 Å². The predicted molar refractivity (Wildman–Crippen MR) is 54.6 cm³/mol. The zero-order chi connectivity index (χ0) is 10.5. The van der Waals surface area contributed by atoms with E-state index in [1.165, 1.54) is 6.20 Å². The van der Waals surface area contributed by atoms with E-state index in [0.29, 0.717) is 12.1 Å². The lowest BCUT2D eigenvalue weighted by molar-refractivity contribution is 0.0855. The summed E-state index contributed by atoms with van der Waals surface area (Å²) in [7, 11) is 0. The molecule has 1 fully saturated rings. The molecule has 1 aromatic heterocycles. The zero-order valence-corrected chi connectivity index (χ0v) is 8.56. The molecule has 15 heavy (non-hydrogen) atoms. The number of hydrogen-bond donors (Lipinski definition) is 0. The first-order valence-corrected chi connectivity index (χ1v) is 5.27. The minimum absolute atomic E-state index is 0.0543. The van der Waals surface area contributed by atoms with Gasteiger partial charge in [0, 0.05) is 25.4 Å². The summed E-state index contributed by atoms with van der Waals surface area (Å²) < 4.78 is 5.45. The number of carbonyl (C=O) groups excluding carboxylic acids is 1. The molecule has 0 saturated carbocycles. The second kappa shape index (κ2) is 4.98. The van der Waals surface area contributed by atoms with Crippen LogP contribution in [0.3, 0.4) is 0 Å². The quantitative estimate of drug-likeness (QED) is 0.702. The van der Waals surface area contributed by atoms with Gasteiger partial charge in [-0.05, 0) is 19.3 Å². The highest BCUT2D eigenvalue weighted by molar-refractivity contribution is 5.93. The number of nitrogens with zero attached hydrogens (tertiary/aromatic N) is 2. The molecule has 0 N–H and O–H groups in total. The van der Waals surface area contributed by atoms with Gasteiger partial charge in [0.15, 0.2) is 5.78 Å². The summed E-state index contributed by atoms with van der Waals surface area (Å²) >= 11 is 0. The van der Waals surface area contributed by atoms with Crippen LogP contribution in [0.25, 0.3) is 0 Å². The van der Waals surface area contributed by atoms with Gasteiger partial charge >= 0.3 is 0 Å². The van der Waals surface area contributed by atoms with Crippen molar-refractivity contribution in [2.45, 2.75) is 31.8 Å². The average Bonchev–Trinajstić information content (AvgIpc) is 2.80. The van der Waals surface area contributed by atoms with Crippen molar-refractivity contribution in [3.05, 3.63) is 24.3 Å². The van der Waals surface area contributed by atoms with Crippen LogP contribution in [-0.2, 0) is 4.74 Å². The number of carbonyl (C=O) groups is 1. The third-order valence-electron chi connectivity index (χ3n) is 2.57. The van der Waals surface area contributed by atoms with Crippen molar-refractivity contribution >= 4 is 5.78 Å². The Hall–Kier alpha value is -1.29. The molecule has 0 aromatic carbocycles. The zero-order valence-electron chi connectivity index (χ0n) is 8.56. The third-order valence-corrected chi connectivity index (χ3v) is 2.57. The molecule has 1 aromatic rings. The normalized spacial score (nSPS) is 20.4. The molecule has 80 valence electrons. The number of ketones is 1. The van der Waals surface area contributed by atoms with Gasteiger partial charge in [0.1, 0.15) is 5.69 Å². The van der Waals surface area contributed by atoms with Crippen molar-refractivity contribution < 1.29 is 9.53 Å². The summed E-state index contributed by atoms with van der Waals surface area (Å²) in [5.41, 5.74) is 0.454. The van der Waals surface area contributed by atoms with Gasteiger partial charge in [0.2, 0.25) is 0 Å². The maximum Gasteiger partial charge on any atom is 0.182 e. The van der Waals surface area contributed by atoms with Gasteiger partial charge in [-0.25, -0.2) is 4.98 Å². The van der Waals surface area contributed by atoms with Crippen LogP contribution in [-0.4, -0.2) is 28.5 Å².